The van der Waals surface area contributed by atoms with E-state index in [4.69, 9.17) is 9.15 Å². The van der Waals surface area contributed by atoms with Gasteiger partial charge in [-0.25, -0.2) is 4.98 Å². The number of halogens is 3. The van der Waals surface area contributed by atoms with E-state index in [9.17, 15) is 26.4 Å². The van der Waals surface area contributed by atoms with Crippen LogP contribution in [0.1, 0.15) is 69.5 Å². The molecule has 2 aromatic carbocycles. The Bertz CT molecular complexity index is 1390. The summed E-state index contributed by atoms with van der Waals surface area (Å²) in [5.41, 5.74) is -2.79. The summed E-state index contributed by atoms with van der Waals surface area (Å²) in [7, 11) is -5.78. The summed E-state index contributed by atoms with van der Waals surface area (Å²) in [5, 5.41) is 0. The number of alkyl halides is 3. The molecule has 1 unspecified atom stereocenters. The lowest BCUT2D eigenvalue weighted by Gasteiger charge is -2.16. The Morgan fingerprint density at radius 1 is 1.15 bits per heavy atom. The Hall–Kier alpha value is -3.54. The standard InChI is InChI=1S/C23H22F3NO5S.C4H8O2.C2H6/c1-14-8-9-17-12-18(13-20(21(14)17)32-33(28,29)23(24,25)26)30-11-10-19-15(2)31-22(27-19)16-6-4-3-5-7-16;1-3-6-4(2)5;1-2/h3-7,12-14H,8-11H2,1-2H3;3H2,1-2H3;1-2H3. The van der Waals surface area contributed by atoms with Gasteiger partial charge in [0, 0.05) is 30.5 Å². The van der Waals surface area contributed by atoms with Gasteiger partial charge in [-0.1, -0.05) is 39.0 Å². The highest BCUT2D eigenvalue weighted by Crippen LogP contribution is 2.43. The number of fused-ring (bicyclic) bond motifs is 1. The van der Waals surface area contributed by atoms with Crippen molar-refractivity contribution in [2.75, 3.05) is 13.2 Å². The van der Waals surface area contributed by atoms with Crippen LogP contribution in [0, 0.1) is 6.92 Å². The first kappa shape index (κ1) is 33.7. The first-order valence-electron chi connectivity index (χ1n) is 13.3. The molecule has 0 saturated carbocycles. The second kappa shape index (κ2) is 14.9. The molecule has 226 valence electrons. The van der Waals surface area contributed by atoms with Crippen molar-refractivity contribution in [3.05, 3.63) is 65.0 Å². The molecule has 0 N–H and O–H groups in total. The molecule has 0 radical (unpaired) electrons. The van der Waals surface area contributed by atoms with Gasteiger partial charge in [0.05, 0.1) is 18.9 Å². The fourth-order valence-corrected chi connectivity index (χ4v) is 4.56. The third kappa shape index (κ3) is 9.24. The van der Waals surface area contributed by atoms with Crippen molar-refractivity contribution >= 4 is 16.1 Å². The minimum absolute atomic E-state index is 0.123. The van der Waals surface area contributed by atoms with Crippen LogP contribution in [0.25, 0.3) is 11.5 Å². The monoisotopic (exact) mass is 599 g/mol. The molecule has 1 aliphatic rings. The molecular formula is C29H36F3NO7S. The highest BCUT2D eigenvalue weighted by molar-refractivity contribution is 7.88. The van der Waals surface area contributed by atoms with Gasteiger partial charge in [0.2, 0.25) is 5.89 Å². The minimum atomic E-state index is -5.78. The van der Waals surface area contributed by atoms with Gasteiger partial charge < -0.3 is 18.1 Å². The van der Waals surface area contributed by atoms with Crippen LogP contribution in [-0.2, 0) is 32.5 Å². The second-order valence-electron chi connectivity index (χ2n) is 8.83. The second-order valence-corrected chi connectivity index (χ2v) is 10.4. The number of hydrogen-bond donors (Lipinski definition) is 0. The van der Waals surface area contributed by atoms with Crippen LogP contribution in [0.5, 0.6) is 11.5 Å². The molecule has 0 aliphatic heterocycles. The zero-order valence-electron chi connectivity index (χ0n) is 24.0. The van der Waals surface area contributed by atoms with Crippen molar-refractivity contribution in [3.8, 4) is 23.0 Å². The maximum atomic E-state index is 12.9. The van der Waals surface area contributed by atoms with Crippen LogP contribution in [0.2, 0.25) is 0 Å². The Balaban J connectivity index is 0.000000654. The molecular weight excluding hydrogens is 563 g/mol. The predicted octanol–water partition coefficient (Wildman–Crippen LogP) is 7.15. The molecule has 3 aromatic rings. The van der Waals surface area contributed by atoms with E-state index in [1.54, 1.807) is 19.9 Å². The lowest BCUT2D eigenvalue weighted by atomic mass is 10.0. The molecule has 8 nitrogen and oxygen atoms in total. The normalized spacial score (nSPS) is 14.1. The largest absolute Gasteiger partial charge is 0.534 e. The topological polar surface area (TPSA) is 105 Å². The Morgan fingerprint density at radius 2 is 1.80 bits per heavy atom. The van der Waals surface area contributed by atoms with E-state index in [0.717, 1.165) is 11.1 Å². The van der Waals surface area contributed by atoms with Gasteiger partial charge in [0.15, 0.2) is 0 Å². The lowest BCUT2D eigenvalue weighted by molar-refractivity contribution is -0.140. The number of nitrogens with zero attached hydrogens (tertiary/aromatic N) is 1. The maximum Gasteiger partial charge on any atom is 0.534 e. The summed E-state index contributed by atoms with van der Waals surface area (Å²) in [5.74, 6) is 0.691. The molecule has 1 heterocycles. The first-order valence-corrected chi connectivity index (χ1v) is 14.7. The van der Waals surface area contributed by atoms with Crippen LogP contribution in [0.4, 0.5) is 13.2 Å². The third-order valence-corrected chi connectivity index (χ3v) is 6.86. The van der Waals surface area contributed by atoms with E-state index in [1.165, 1.54) is 13.0 Å². The molecule has 12 heteroatoms. The van der Waals surface area contributed by atoms with Crippen LogP contribution >= 0.6 is 0 Å². The highest BCUT2D eigenvalue weighted by Gasteiger charge is 2.49. The highest BCUT2D eigenvalue weighted by atomic mass is 32.2. The van der Waals surface area contributed by atoms with Crippen molar-refractivity contribution in [1.29, 1.82) is 0 Å². The number of carbonyl (C=O) groups is 1. The predicted molar refractivity (Wildman–Crippen MR) is 148 cm³/mol. The molecule has 0 saturated heterocycles. The lowest BCUT2D eigenvalue weighted by Crippen LogP contribution is -2.28. The smallest absolute Gasteiger partial charge is 0.493 e. The molecule has 0 spiro atoms. The van der Waals surface area contributed by atoms with E-state index in [2.05, 4.69) is 13.9 Å². The molecule has 41 heavy (non-hydrogen) atoms. The first-order chi connectivity index (χ1) is 19.3. The van der Waals surface area contributed by atoms with Crippen LogP contribution < -0.4 is 8.92 Å². The summed E-state index contributed by atoms with van der Waals surface area (Å²) in [6, 6.07) is 12.3. The van der Waals surface area contributed by atoms with Gasteiger partial charge in [-0.2, -0.15) is 21.6 Å². The van der Waals surface area contributed by atoms with Gasteiger partial charge in [-0.15, -0.1) is 0 Å². The SMILES string of the molecule is CC.CCOC(C)=O.Cc1oc(-c2ccccc2)nc1CCOc1cc2c(c(OS(=O)(=O)C(F)(F)F)c1)C(C)CC2. The van der Waals surface area contributed by atoms with E-state index >= 15 is 0 Å². The number of esters is 1. The van der Waals surface area contributed by atoms with Crippen molar-refractivity contribution in [1.82, 2.24) is 4.98 Å². The van der Waals surface area contributed by atoms with E-state index in [0.29, 0.717) is 48.8 Å². The van der Waals surface area contributed by atoms with Crippen LogP contribution in [0.15, 0.2) is 46.9 Å². The zero-order valence-corrected chi connectivity index (χ0v) is 24.8. The quantitative estimate of drug-likeness (QED) is 0.153. The number of oxazole rings is 1. The maximum absolute atomic E-state index is 12.9. The number of aromatic nitrogens is 1. The molecule has 0 bridgehead atoms. The number of rotatable bonds is 8. The third-order valence-electron chi connectivity index (χ3n) is 5.89. The van der Waals surface area contributed by atoms with Crippen molar-refractivity contribution in [2.45, 2.75) is 72.2 Å². The molecule has 1 aromatic heterocycles. The fraction of sp³-hybridized carbons (Fsp3) is 0.448. The van der Waals surface area contributed by atoms with Gasteiger partial charge in [-0.05, 0) is 56.4 Å². The molecule has 0 amide bonds. The van der Waals surface area contributed by atoms with Crippen LogP contribution in [-0.4, -0.2) is 38.1 Å². The van der Waals surface area contributed by atoms with Crippen molar-refractivity contribution < 1.29 is 44.5 Å². The van der Waals surface area contributed by atoms with Gasteiger partial charge in [0.25, 0.3) is 0 Å². The summed E-state index contributed by atoms with van der Waals surface area (Å²) in [6.45, 7) is 11.4. The molecule has 1 aliphatic carbocycles. The minimum Gasteiger partial charge on any atom is -0.493 e. The van der Waals surface area contributed by atoms with E-state index < -0.39 is 15.6 Å². The number of aryl methyl sites for hydroxylation is 2. The Labute approximate surface area is 239 Å². The van der Waals surface area contributed by atoms with Gasteiger partial charge in [0.1, 0.15) is 17.3 Å². The summed E-state index contributed by atoms with van der Waals surface area (Å²) in [6.07, 6.45) is 1.67. The average Bonchev–Trinajstić information content (AvgIpc) is 3.47. The number of hydrogen-bond acceptors (Lipinski definition) is 8. The fourth-order valence-electron chi connectivity index (χ4n) is 4.09. The van der Waals surface area contributed by atoms with Gasteiger partial charge >= 0.3 is 21.6 Å². The molecule has 4 rings (SSSR count). The zero-order chi connectivity index (χ0) is 30.8. The van der Waals surface area contributed by atoms with Crippen molar-refractivity contribution in [3.63, 3.8) is 0 Å². The average molecular weight is 600 g/mol. The number of carbonyl (C=O) groups excluding carboxylic acids is 1. The Morgan fingerprint density at radius 3 is 2.37 bits per heavy atom. The van der Waals surface area contributed by atoms with E-state index in [1.807, 2.05) is 51.1 Å². The number of ether oxygens (including phenoxy) is 2. The summed E-state index contributed by atoms with van der Waals surface area (Å²) >= 11 is 0. The number of benzene rings is 2. The Kier molecular flexibility index (Phi) is 12.2. The molecule has 1 atom stereocenters. The van der Waals surface area contributed by atoms with E-state index in [-0.39, 0.29) is 30.0 Å². The van der Waals surface area contributed by atoms with Crippen molar-refractivity contribution in [2.24, 2.45) is 0 Å². The molecule has 0 fully saturated rings. The van der Waals surface area contributed by atoms with Gasteiger partial charge in [-0.3, -0.25) is 4.79 Å². The summed E-state index contributed by atoms with van der Waals surface area (Å²) in [4.78, 5) is 14.3. The van der Waals surface area contributed by atoms with Crippen LogP contribution in [0.3, 0.4) is 0 Å². The summed E-state index contributed by atoms with van der Waals surface area (Å²) < 4.78 is 82.1.